The standard InChI is InChI=1S/C17H21NO5S/c1-8-7-11(17(22)23-2)15(24-8)18-14(19)12-9-3-5-10(6-4-9)13(12)16(20)21/h7,9-10,12-13H,3-6H2,1-2H3,(H,18,19)(H,20,21). The number of rotatable bonds is 4. The number of carboxylic acid groups (broad SMARTS) is 1. The number of carbonyl (C=O) groups excluding carboxylic acids is 2. The van der Waals surface area contributed by atoms with Crippen molar-refractivity contribution >= 4 is 34.2 Å². The fraction of sp³-hybridized carbons (Fsp3) is 0.588. The van der Waals surface area contributed by atoms with Crippen LogP contribution in [0.3, 0.4) is 0 Å². The van der Waals surface area contributed by atoms with Crippen molar-refractivity contribution in [3.63, 3.8) is 0 Å². The van der Waals surface area contributed by atoms with E-state index in [2.05, 4.69) is 5.32 Å². The zero-order chi connectivity index (χ0) is 17.4. The van der Waals surface area contributed by atoms with Crippen molar-refractivity contribution in [1.29, 1.82) is 0 Å². The van der Waals surface area contributed by atoms with Gasteiger partial charge in [0.15, 0.2) is 0 Å². The summed E-state index contributed by atoms with van der Waals surface area (Å²) >= 11 is 1.30. The van der Waals surface area contributed by atoms with Gasteiger partial charge in [-0.15, -0.1) is 11.3 Å². The van der Waals surface area contributed by atoms with Crippen LogP contribution in [0.1, 0.15) is 40.9 Å². The molecule has 6 nitrogen and oxygen atoms in total. The molecule has 1 aromatic rings. The van der Waals surface area contributed by atoms with Gasteiger partial charge in [-0.25, -0.2) is 4.79 Å². The van der Waals surface area contributed by atoms with Crippen molar-refractivity contribution in [2.75, 3.05) is 12.4 Å². The number of methoxy groups -OCH3 is 1. The number of carboxylic acids is 1. The van der Waals surface area contributed by atoms with E-state index in [9.17, 15) is 19.5 Å². The Balaban J connectivity index is 1.84. The summed E-state index contributed by atoms with van der Waals surface area (Å²) in [4.78, 5) is 37.2. The molecule has 4 rings (SSSR count). The van der Waals surface area contributed by atoms with Gasteiger partial charge in [-0.2, -0.15) is 0 Å². The van der Waals surface area contributed by atoms with Gasteiger partial charge in [-0.3, -0.25) is 9.59 Å². The number of fused-ring (bicyclic) bond motifs is 3. The van der Waals surface area contributed by atoms with Crippen LogP contribution in [0.5, 0.6) is 0 Å². The second-order valence-corrected chi connectivity index (χ2v) is 7.90. The lowest BCUT2D eigenvalue weighted by molar-refractivity contribution is -0.156. The maximum atomic E-state index is 12.8. The number of thiophene rings is 1. The molecule has 2 bridgehead atoms. The minimum Gasteiger partial charge on any atom is -0.481 e. The summed E-state index contributed by atoms with van der Waals surface area (Å²) in [6, 6.07) is 1.67. The van der Waals surface area contributed by atoms with Gasteiger partial charge in [0.2, 0.25) is 5.91 Å². The summed E-state index contributed by atoms with van der Waals surface area (Å²) in [5.74, 6) is -2.64. The first kappa shape index (κ1) is 17.0. The highest BCUT2D eigenvalue weighted by atomic mass is 32.1. The van der Waals surface area contributed by atoms with Crippen LogP contribution in [0, 0.1) is 30.6 Å². The predicted octanol–water partition coefficient (Wildman–Crippen LogP) is 2.92. The lowest BCUT2D eigenvalue weighted by Crippen LogP contribution is -2.49. The van der Waals surface area contributed by atoms with E-state index in [0.29, 0.717) is 10.6 Å². The lowest BCUT2D eigenvalue weighted by atomic mass is 9.58. The average molecular weight is 351 g/mol. The van der Waals surface area contributed by atoms with E-state index in [1.165, 1.54) is 18.4 Å². The maximum Gasteiger partial charge on any atom is 0.340 e. The van der Waals surface area contributed by atoms with E-state index in [0.717, 1.165) is 30.6 Å². The molecule has 130 valence electrons. The van der Waals surface area contributed by atoms with Crippen LogP contribution in [-0.4, -0.2) is 30.1 Å². The summed E-state index contributed by atoms with van der Waals surface area (Å²) in [5.41, 5.74) is 0.321. The number of ether oxygens (including phenoxy) is 1. The number of hydrogen-bond donors (Lipinski definition) is 2. The highest BCUT2D eigenvalue weighted by Gasteiger charge is 2.50. The third-order valence-corrected chi connectivity index (χ3v) is 6.27. The number of esters is 1. The first-order valence-corrected chi connectivity index (χ1v) is 8.96. The SMILES string of the molecule is COC(=O)c1cc(C)sc1NC(=O)C1C2CCC(CC2)C1C(=O)O. The zero-order valence-corrected chi connectivity index (χ0v) is 14.5. The van der Waals surface area contributed by atoms with Crippen molar-refractivity contribution in [2.45, 2.75) is 32.6 Å². The molecule has 0 saturated heterocycles. The number of carbonyl (C=O) groups is 3. The van der Waals surface area contributed by atoms with E-state index >= 15 is 0 Å². The fourth-order valence-electron chi connectivity index (χ4n) is 4.25. The normalized spacial score (nSPS) is 28.4. The molecule has 0 spiro atoms. The molecule has 1 heterocycles. The number of anilines is 1. The topological polar surface area (TPSA) is 92.7 Å². The molecule has 3 fully saturated rings. The molecule has 1 aromatic heterocycles. The quantitative estimate of drug-likeness (QED) is 0.814. The lowest BCUT2D eigenvalue weighted by Gasteiger charge is -2.45. The number of hydrogen-bond acceptors (Lipinski definition) is 5. The van der Waals surface area contributed by atoms with Gasteiger partial charge >= 0.3 is 11.9 Å². The third-order valence-electron chi connectivity index (χ3n) is 5.30. The molecule has 1 amide bonds. The zero-order valence-electron chi connectivity index (χ0n) is 13.7. The first-order valence-electron chi connectivity index (χ1n) is 8.14. The molecule has 7 heteroatoms. The van der Waals surface area contributed by atoms with E-state index in [-0.39, 0.29) is 17.7 Å². The van der Waals surface area contributed by atoms with Gasteiger partial charge in [0.25, 0.3) is 0 Å². The first-order chi connectivity index (χ1) is 11.4. The highest BCUT2D eigenvalue weighted by molar-refractivity contribution is 7.16. The number of nitrogens with one attached hydrogen (secondary N) is 1. The Labute approximate surface area is 144 Å². The molecule has 3 saturated carbocycles. The Morgan fingerprint density at radius 1 is 1.17 bits per heavy atom. The van der Waals surface area contributed by atoms with Crippen LogP contribution in [0.15, 0.2) is 6.07 Å². The monoisotopic (exact) mass is 351 g/mol. The van der Waals surface area contributed by atoms with Crippen LogP contribution in [0.25, 0.3) is 0 Å². The van der Waals surface area contributed by atoms with Gasteiger partial charge in [0.1, 0.15) is 5.00 Å². The van der Waals surface area contributed by atoms with Gasteiger partial charge in [-0.1, -0.05) is 0 Å². The Kier molecular flexibility index (Phi) is 4.62. The molecule has 2 unspecified atom stereocenters. The number of amides is 1. The summed E-state index contributed by atoms with van der Waals surface area (Å²) in [6.45, 7) is 1.84. The molecule has 2 atom stereocenters. The second kappa shape index (κ2) is 6.55. The molecule has 2 N–H and O–H groups in total. The molecule has 0 aromatic carbocycles. The average Bonchev–Trinajstić information content (AvgIpc) is 2.94. The molecule has 0 aliphatic heterocycles. The van der Waals surface area contributed by atoms with Crippen molar-refractivity contribution < 1.29 is 24.2 Å². The van der Waals surface area contributed by atoms with Crippen LogP contribution < -0.4 is 5.32 Å². The van der Waals surface area contributed by atoms with Crippen molar-refractivity contribution in [2.24, 2.45) is 23.7 Å². The Hall–Kier alpha value is -1.89. The number of aliphatic carboxylic acids is 1. The predicted molar refractivity (Wildman–Crippen MR) is 89.1 cm³/mol. The van der Waals surface area contributed by atoms with Gasteiger partial charge < -0.3 is 15.2 Å². The van der Waals surface area contributed by atoms with Crippen LogP contribution in [0.4, 0.5) is 5.00 Å². The summed E-state index contributed by atoms with van der Waals surface area (Å²) in [7, 11) is 1.29. The minimum absolute atomic E-state index is 0.0772. The third kappa shape index (κ3) is 2.92. The highest BCUT2D eigenvalue weighted by Crippen LogP contribution is 2.49. The van der Waals surface area contributed by atoms with E-state index in [1.54, 1.807) is 6.07 Å². The minimum atomic E-state index is -0.889. The fourth-order valence-corrected chi connectivity index (χ4v) is 5.15. The summed E-state index contributed by atoms with van der Waals surface area (Å²) in [6.07, 6.45) is 3.58. The van der Waals surface area contributed by atoms with Crippen LogP contribution in [-0.2, 0) is 14.3 Å². The van der Waals surface area contributed by atoms with E-state index < -0.39 is 23.8 Å². The molecule has 3 aliphatic rings. The van der Waals surface area contributed by atoms with Gasteiger partial charge in [-0.05, 0) is 50.5 Å². The Bertz CT molecular complexity index is 675. The molecular formula is C17H21NO5S. The molecule has 24 heavy (non-hydrogen) atoms. The second-order valence-electron chi connectivity index (χ2n) is 6.65. The smallest absolute Gasteiger partial charge is 0.340 e. The van der Waals surface area contributed by atoms with Gasteiger partial charge in [0, 0.05) is 4.88 Å². The molecular weight excluding hydrogens is 330 g/mol. The largest absolute Gasteiger partial charge is 0.481 e. The van der Waals surface area contributed by atoms with E-state index in [4.69, 9.17) is 4.74 Å². The van der Waals surface area contributed by atoms with Crippen molar-refractivity contribution in [1.82, 2.24) is 0 Å². The van der Waals surface area contributed by atoms with Crippen LogP contribution >= 0.6 is 11.3 Å². The molecule has 3 aliphatic carbocycles. The Morgan fingerprint density at radius 2 is 1.75 bits per heavy atom. The number of aryl methyl sites for hydroxylation is 1. The summed E-state index contributed by atoms with van der Waals surface area (Å²) < 4.78 is 4.75. The van der Waals surface area contributed by atoms with E-state index in [1.807, 2.05) is 6.92 Å². The van der Waals surface area contributed by atoms with Crippen molar-refractivity contribution in [3.8, 4) is 0 Å². The van der Waals surface area contributed by atoms with Crippen molar-refractivity contribution in [3.05, 3.63) is 16.5 Å². The Morgan fingerprint density at radius 3 is 2.29 bits per heavy atom. The van der Waals surface area contributed by atoms with Crippen LogP contribution in [0.2, 0.25) is 0 Å². The maximum absolute atomic E-state index is 12.8. The summed E-state index contributed by atoms with van der Waals surface area (Å²) in [5, 5.41) is 12.8. The molecule has 0 radical (unpaired) electrons. The van der Waals surface area contributed by atoms with Gasteiger partial charge in [0.05, 0.1) is 24.5 Å².